The maximum Gasteiger partial charge on any atom is 0.314 e. The lowest BCUT2D eigenvalue weighted by Gasteiger charge is -2.19. The molecule has 29 heavy (non-hydrogen) atoms. The number of hydrogen-bond acceptors (Lipinski definition) is 5. The van der Waals surface area contributed by atoms with Crippen molar-refractivity contribution in [3.05, 3.63) is 70.5 Å². The SMILES string of the molecule is CCC(=O)NC(CCn1ccc(-c2nnc(C(F)F)o2)cc1=O)c1ccccc1. The van der Waals surface area contributed by atoms with Gasteiger partial charge in [-0.25, -0.2) is 0 Å². The van der Waals surface area contributed by atoms with Crippen LogP contribution in [0, 0.1) is 0 Å². The predicted molar refractivity (Wildman–Crippen MR) is 101 cm³/mol. The number of alkyl halides is 2. The van der Waals surface area contributed by atoms with Gasteiger partial charge in [0.15, 0.2) is 0 Å². The lowest BCUT2D eigenvalue weighted by Crippen LogP contribution is -2.30. The van der Waals surface area contributed by atoms with Crippen LogP contribution in [0.25, 0.3) is 11.5 Å². The number of rotatable bonds is 8. The molecular weight excluding hydrogens is 382 g/mol. The van der Waals surface area contributed by atoms with Crippen LogP contribution in [0.15, 0.2) is 57.9 Å². The number of hydrogen-bond donors (Lipinski definition) is 1. The molecule has 0 saturated carbocycles. The highest BCUT2D eigenvalue weighted by Gasteiger charge is 2.18. The summed E-state index contributed by atoms with van der Waals surface area (Å²) in [5.41, 5.74) is 0.877. The van der Waals surface area contributed by atoms with Gasteiger partial charge in [0, 0.05) is 30.8 Å². The second-order valence-electron chi connectivity index (χ2n) is 6.37. The van der Waals surface area contributed by atoms with Gasteiger partial charge in [-0.05, 0) is 18.1 Å². The first kappa shape index (κ1) is 20.4. The Bertz CT molecular complexity index is 1020. The van der Waals surface area contributed by atoms with Crippen molar-refractivity contribution in [3.63, 3.8) is 0 Å². The molecule has 1 N–H and O–H groups in total. The third kappa shape index (κ3) is 5.13. The molecule has 9 heteroatoms. The van der Waals surface area contributed by atoms with Crippen molar-refractivity contribution in [3.8, 4) is 11.5 Å². The highest BCUT2D eigenvalue weighted by Crippen LogP contribution is 2.22. The van der Waals surface area contributed by atoms with Crippen LogP contribution in [0.3, 0.4) is 0 Å². The smallest absolute Gasteiger partial charge is 0.314 e. The monoisotopic (exact) mass is 402 g/mol. The van der Waals surface area contributed by atoms with E-state index in [4.69, 9.17) is 4.42 Å². The molecule has 152 valence electrons. The lowest BCUT2D eigenvalue weighted by atomic mass is 10.0. The number of aromatic nitrogens is 3. The van der Waals surface area contributed by atoms with Crippen molar-refractivity contribution in [2.24, 2.45) is 0 Å². The first-order chi connectivity index (χ1) is 14.0. The number of halogens is 2. The summed E-state index contributed by atoms with van der Waals surface area (Å²) < 4.78 is 31.5. The first-order valence-corrected chi connectivity index (χ1v) is 9.14. The molecule has 3 rings (SSSR count). The highest BCUT2D eigenvalue weighted by molar-refractivity contribution is 5.76. The zero-order chi connectivity index (χ0) is 20.8. The standard InChI is InChI=1S/C20H20F2N4O3/c1-2-16(27)23-15(13-6-4-3-5-7-13)9-11-26-10-8-14(12-17(26)28)19-24-25-20(29-19)18(21)22/h3-8,10,12,15,18H,2,9,11H2,1H3,(H,23,27). The molecule has 0 aliphatic rings. The van der Waals surface area contributed by atoms with Gasteiger partial charge >= 0.3 is 6.43 Å². The number of carbonyl (C=O) groups is 1. The summed E-state index contributed by atoms with van der Waals surface area (Å²) in [6, 6.07) is 12.1. The molecule has 0 spiro atoms. The number of benzene rings is 1. The first-order valence-electron chi connectivity index (χ1n) is 9.14. The summed E-state index contributed by atoms with van der Waals surface area (Å²) in [6.07, 6.45) is -0.466. The van der Waals surface area contributed by atoms with Crippen LogP contribution in [0.5, 0.6) is 0 Å². The number of nitrogens with one attached hydrogen (secondary N) is 1. The lowest BCUT2D eigenvalue weighted by molar-refractivity contribution is -0.121. The fraction of sp³-hybridized carbons (Fsp3) is 0.300. The average Bonchev–Trinajstić information content (AvgIpc) is 3.23. The van der Waals surface area contributed by atoms with Gasteiger partial charge in [-0.3, -0.25) is 9.59 Å². The van der Waals surface area contributed by atoms with Crippen LogP contribution in [0.1, 0.15) is 43.7 Å². The van der Waals surface area contributed by atoms with Crippen molar-refractivity contribution < 1.29 is 18.0 Å². The third-order valence-corrected chi connectivity index (χ3v) is 4.39. The molecule has 0 fully saturated rings. The van der Waals surface area contributed by atoms with E-state index < -0.39 is 12.3 Å². The van der Waals surface area contributed by atoms with E-state index in [0.29, 0.717) is 19.4 Å². The zero-order valence-electron chi connectivity index (χ0n) is 15.7. The quantitative estimate of drug-likeness (QED) is 0.623. The van der Waals surface area contributed by atoms with Crippen molar-refractivity contribution in [2.75, 3.05) is 0 Å². The number of aryl methyl sites for hydroxylation is 1. The van der Waals surface area contributed by atoms with Gasteiger partial charge in [0.05, 0.1) is 6.04 Å². The Hall–Kier alpha value is -3.36. The Kier molecular flexibility index (Phi) is 6.48. The summed E-state index contributed by atoms with van der Waals surface area (Å²) in [5.74, 6) is -1.00. The van der Waals surface area contributed by atoms with E-state index in [0.717, 1.165) is 5.56 Å². The van der Waals surface area contributed by atoms with E-state index in [1.807, 2.05) is 30.3 Å². The molecule has 1 amide bonds. The van der Waals surface area contributed by atoms with Crippen LogP contribution in [-0.4, -0.2) is 20.7 Å². The van der Waals surface area contributed by atoms with Crippen LogP contribution in [0.4, 0.5) is 8.78 Å². The molecule has 0 radical (unpaired) electrons. The van der Waals surface area contributed by atoms with Crippen LogP contribution < -0.4 is 10.9 Å². The van der Waals surface area contributed by atoms with Gasteiger partial charge in [0.25, 0.3) is 11.4 Å². The highest BCUT2D eigenvalue weighted by atomic mass is 19.3. The minimum absolute atomic E-state index is 0.0761. The number of nitrogens with zero attached hydrogens (tertiary/aromatic N) is 3. The second-order valence-corrected chi connectivity index (χ2v) is 6.37. The van der Waals surface area contributed by atoms with Crippen molar-refractivity contribution in [2.45, 2.75) is 38.8 Å². The summed E-state index contributed by atoms with van der Waals surface area (Å²) in [7, 11) is 0. The largest absolute Gasteiger partial charge is 0.415 e. The summed E-state index contributed by atoms with van der Waals surface area (Å²) in [4.78, 5) is 24.3. The molecule has 2 aromatic heterocycles. The summed E-state index contributed by atoms with van der Waals surface area (Å²) in [5, 5.41) is 9.76. The van der Waals surface area contributed by atoms with E-state index in [9.17, 15) is 18.4 Å². The van der Waals surface area contributed by atoms with Gasteiger partial charge in [-0.1, -0.05) is 37.3 Å². The van der Waals surface area contributed by atoms with Crippen molar-refractivity contribution >= 4 is 5.91 Å². The van der Waals surface area contributed by atoms with Crippen molar-refractivity contribution in [1.82, 2.24) is 20.1 Å². The van der Waals surface area contributed by atoms with Gasteiger partial charge in [-0.15, -0.1) is 10.2 Å². The normalized spacial score (nSPS) is 12.1. The average molecular weight is 402 g/mol. The fourth-order valence-electron chi connectivity index (χ4n) is 2.84. The maximum absolute atomic E-state index is 12.6. The molecule has 1 aromatic carbocycles. The van der Waals surface area contributed by atoms with E-state index in [-0.39, 0.29) is 29.0 Å². The van der Waals surface area contributed by atoms with E-state index in [2.05, 4.69) is 15.5 Å². The molecule has 3 aromatic rings. The third-order valence-electron chi connectivity index (χ3n) is 4.39. The maximum atomic E-state index is 12.6. The molecule has 1 atom stereocenters. The van der Waals surface area contributed by atoms with E-state index in [1.54, 1.807) is 13.0 Å². The number of carbonyl (C=O) groups excluding carboxylic acids is 1. The van der Waals surface area contributed by atoms with Crippen LogP contribution >= 0.6 is 0 Å². The van der Waals surface area contributed by atoms with Crippen LogP contribution in [0.2, 0.25) is 0 Å². The molecule has 2 heterocycles. The number of amides is 1. The van der Waals surface area contributed by atoms with Gasteiger partial charge in [0.2, 0.25) is 11.8 Å². The molecule has 0 saturated heterocycles. The minimum atomic E-state index is -2.87. The zero-order valence-corrected chi connectivity index (χ0v) is 15.7. The molecular formula is C20H20F2N4O3. The van der Waals surface area contributed by atoms with Gasteiger partial charge < -0.3 is 14.3 Å². The Morgan fingerprint density at radius 2 is 1.97 bits per heavy atom. The molecule has 7 nitrogen and oxygen atoms in total. The van der Waals surface area contributed by atoms with Crippen molar-refractivity contribution in [1.29, 1.82) is 0 Å². The van der Waals surface area contributed by atoms with Crippen LogP contribution in [-0.2, 0) is 11.3 Å². The Balaban J connectivity index is 1.74. The number of pyridine rings is 1. The van der Waals surface area contributed by atoms with E-state index >= 15 is 0 Å². The van der Waals surface area contributed by atoms with Gasteiger partial charge in [-0.2, -0.15) is 8.78 Å². The summed E-state index contributed by atoms with van der Waals surface area (Å²) in [6.45, 7) is 2.13. The molecule has 0 aliphatic heterocycles. The Labute approximate surface area is 165 Å². The Morgan fingerprint density at radius 3 is 2.59 bits per heavy atom. The molecule has 0 aliphatic carbocycles. The Morgan fingerprint density at radius 1 is 1.21 bits per heavy atom. The predicted octanol–water partition coefficient (Wildman–Crippen LogP) is 3.49. The fourth-order valence-corrected chi connectivity index (χ4v) is 2.84. The van der Waals surface area contributed by atoms with Gasteiger partial charge in [0.1, 0.15) is 0 Å². The molecule has 0 bridgehead atoms. The van der Waals surface area contributed by atoms with E-state index in [1.165, 1.54) is 16.8 Å². The topological polar surface area (TPSA) is 90.0 Å². The summed E-state index contributed by atoms with van der Waals surface area (Å²) >= 11 is 0. The molecule has 1 unspecified atom stereocenters. The minimum Gasteiger partial charge on any atom is -0.415 e. The second kappa shape index (κ2) is 9.22.